The molecule has 2 aliphatic rings. The van der Waals surface area contributed by atoms with E-state index in [1.54, 1.807) is 0 Å². The Morgan fingerprint density at radius 1 is 1.10 bits per heavy atom. The number of aliphatic hydroxyl groups excluding tert-OH is 1. The summed E-state index contributed by atoms with van der Waals surface area (Å²) >= 11 is 2.29. The van der Waals surface area contributed by atoms with Crippen molar-refractivity contribution in [1.82, 2.24) is 5.32 Å². The number of ether oxygens (including phenoxy) is 2. The van der Waals surface area contributed by atoms with Crippen LogP contribution in [0.5, 0.6) is 0 Å². The lowest BCUT2D eigenvalue weighted by Gasteiger charge is -2.29. The van der Waals surface area contributed by atoms with Gasteiger partial charge >= 0.3 is 0 Å². The van der Waals surface area contributed by atoms with Crippen LogP contribution in [0.4, 0.5) is 0 Å². The van der Waals surface area contributed by atoms with Crippen LogP contribution >= 0.6 is 22.6 Å². The summed E-state index contributed by atoms with van der Waals surface area (Å²) < 4.78 is 13.1. The molecule has 6 heteroatoms. The number of carbonyl (C=O) groups is 1. The average molecular weight is 505 g/mol. The number of carbonyl (C=O) groups excluding carboxylic acids is 1. The van der Waals surface area contributed by atoms with Crippen molar-refractivity contribution in [2.24, 2.45) is 0 Å². The highest BCUT2D eigenvalue weighted by Gasteiger charge is 2.31. The molecular weight excluding hydrogens is 481 g/mol. The van der Waals surface area contributed by atoms with Crippen molar-refractivity contribution in [2.75, 3.05) is 0 Å². The fraction of sp³-hybridized carbons (Fsp3) is 0.348. The number of hydrogen-bond acceptors (Lipinski definition) is 4. The van der Waals surface area contributed by atoms with Crippen LogP contribution in [0.25, 0.3) is 0 Å². The zero-order chi connectivity index (χ0) is 20.2. The highest BCUT2D eigenvalue weighted by Crippen LogP contribution is 2.32. The van der Waals surface area contributed by atoms with Crippen molar-refractivity contribution in [3.63, 3.8) is 0 Å². The maximum Gasteiger partial charge on any atom is 0.286 e. The van der Waals surface area contributed by atoms with E-state index in [9.17, 15) is 4.79 Å². The second-order valence-corrected chi connectivity index (χ2v) is 8.75. The topological polar surface area (TPSA) is 67.8 Å². The fourth-order valence-electron chi connectivity index (χ4n) is 3.27. The molecule has 2 aromatic carbocycles. The van der Waals surface area contributed by atoms with Gasteiger partial charge in [-0.3, -0.25) is 4.79 Å². The van der Waals surface area contributed by atoms with Crippen LogP contribution in [0.3, 0.4) is 0 Å². The van der Waals surface area contributed by atoms with Gasteiger partial charge in [0.1, 0.15) is 0 Å². The monoisotopic (exact) mass is 505 g/mol. The van der Waals surface area contributed by atoms with Crippen LogP contribution in [0.15, 0.2) is 60.4 Å². The molecule has 152 valence electrons. The second-order valence-electron chi connectivity index (χ2n) is 7.51. The molecule has 2 atom stereocenters. The quantitative estimate of drug-likeness (QED) is 0.559. The minimum absolute atomic E-state index is 0.0226. The highest BCUT2D eigenvalue weighted by atomic mass is 127. The molecule has 4 rings (SSSR count). The molecule has 2 N–H and O–H groups in total. The van der Waals surface area contributed by atoms with Gasteiger partial charge in [0.15, 0.2) is 5.76 Å². The van der Waals surface area contributed by atoms with Crippen LogP contribution in [0, 0.1) is 3.57 Å². The van der Waals surface area contributed by atoms with Gasteiger partial charge in [0.2, 0.25) is 6.29 Å². The van der Waals surface area contributed by atoms with Crippen LogP contribution in [-0.4, -0.2) is 23.3 Å². The van der Waals surface area contributed by atoms with Gasteiger partial charge in [0, 0.05) is 22.0 Å². The normalized spacial score (nSPS) is 21.2. The van der Waals surface area contributed by atoms with Crippen molar-refractivity contribution in [1.29, 1.82) is 0 Å². The molecule has 5 nitrogen and oxygen atoms in total. The Balaban J connectivity index is 1.47. The van der Waals surface area contributed by atoms with Crippen LogP contribution < -0.4 is 5.32 Å². The number of rotatable bonds is 7. The van der Waals surface area contributed by atoms with E-state index in [1.807, 2.05) is 30.3 Å². The Hall–Kier alpha value is -1.90. The van der Waals surface area contributed by atoms with Crippen molar-refractivity contribution in [3.05, 3.63) is 80.6 Å². The lowest BCUT2D eigenvalue weighted by Crippen LogP contribution is -2.33. The summed E-state index contributed by atoms with van der Waals surface area (Å²) in [5, 5.41) is 12.2. The molecule has 0 aromatic heterocycles. The molecule has 1 fully saturated rings. The predicted octanol–water partition coefficient (Wildman–Crippen LogP) is 3.99. The third-order valence-electron chi connectivity index (χ3n) is 5.13. The van der Waals surface area contributed by atoms with Gasteiger partial charge < -0.3 is 19.9 Å². The lowest BCUT2D eigenvalue weighted by atomic mass is 9.93. The minimum atomic E-state index is -0.498. The summed E-state index contributed by atoms with van der Waals surface area (Å²) in [6.07, 6.45) is 4.12. The standard InChI is InChI=1S/C23H24INO4/c24-19-7-5-17(6-8-19)18-11-21(23(27)25-20-9-10-20)29-22(12-18)28-14-16-3-1-15(13-26)2-4-16/h1-8,11,18,20,22,26H,9-10,12-14H2,(H,25,27)/t18-,22+/m1/s1. The Labute approximate surface area is 184 Å². The summed E-state index contributed by atoms with van der Waals surface area (Å²) in [7, 11) is 0. The molecule has 1 aliphatic carbocycles. The largest absolute Gasteiger partial charge is 0.459 e. The van der Waals surface area contributed by atoms with Gasteiger partial charge in [-0.2, -0.15) is 0 Å². The molecule has 1 heterocycles. The number of hydrogen-bond donors (Lipinski definition) is 2. The molecule has 1 saturated carbocycles. The average Bonchev–Trinajstić information content (AvgIpc) is 3.57. The van der Waals surface area contributed by atoms with Gasteiger partial charge in [-0.05, 0) is 70.3 Å². The zero-order valence-electron chi connectivity index (χ0n) is 16.0. The lowest BCUT2D eigenvalue weighted by molar-refractivity contribution is -0.150. The van der Waals surface area contributed by atoms with E-state index in [4.69, 9.17) is 14.6 Å². The highest BCUT2D eigenvalue weighted by molar-refractivity contribution is 14.1. The first-order valence-electron chi connectivity index (χ1n) is 9.86. The SMILES string of the molecule is O=C(NC1CC1)C1=C[C@@H](c2ccc(I)cc2)C[C@@H](OCc2ccc(CO)cc2)O1. The molecule has 0 spiro atoms. The van der Waals surface area contributed by atoms with E-state index in [0.717, 1.165) is 29.5 Å². The molecule has 0 saturated heterocycles. The zero-order valence-corrected chi connectivity index (χ0v) is 18.2. The third kappa shape index (κ3) is 5.58. The molecule has 29 heavy (non-hydrogen) atoms. The van der Waals surface area contributed by atoms with E-state index >= 15 is 0 Å². The molecular formula is C23H24INO4. The number of nitrogens with one attached hydrogen (secondary N) is 1. The molecule has 1 amide bonds. The van der Waals surface area contributed by atoms with Gasteiger partial charge in [-0.1, -0.05) is 36.4 Å². The van der Waals surface area contributed by atoms with Crippen LogP contribution in [0.1, 0.15) is 41.9 Å². The van der Waals surface area contributed by atoms with Gasteiger partial charge in [0.05, 0.1) is 13.2 Å². The summed E-state index contributed by atoms with van der Waals surface area (Å²) in [6.45, 7) is 0.405. The van der Waals surface area contributed by atoms with Crippen molar-refractivity contribution < 1.29 is 19.4 Å². The fourth-order valence-corrected chi connectivity index (χ4v) is 3.63. The van der Waals surface area contributed by atoms with Crippen LogP contribution in [0.2, 0.25) is 0 Å². The minimum Gasteiger partial charge on any atom is -0.459 e. The van der Waals surface area contributed by atoms with E-state index in [1.165, 1.54) is 3.57 Å². The van der Waals surface area contributed by atoms with E-state index in [2.05, 4.69) is 52.2 Å². The summed E-state index contributed by atoms with van der Waals surface area (Å²) in [4.78, 5) is 12.6. The number of benzene rings is 2. The van der Waals surface area contributed by atoms with Crippen molar-refractivity contribution in [3.8, 4) is 0 Å². The molecule has 0 unspecified atom stereocenters. The third-order valence-corrected chi connectivity index (χ3v) is 5.85. The Morgan fingerprint density at radius 2 is 1.79 bits per heavy atom. The second kappa shape index (κ2) is 9.28. The maximum atomic E-state index is 12.6. The van der Waals surface area contributed by atoms with E-state index in [0.29, 0.717) is 18.8 Å². The van der Waals surface area contributed by atoms with Crippen LogP contribution in [-0.2, 0) is 27.5 Å². The molecule has 2 aromatic rings. The first-order valence-corrected chi connectivity index (χ1v) is 10.9. The molecule has 0 radical (unpaired) electrons. The first kappa shape index (κ1) is 20.4. The van der Waals surface area contributed by atoms with E-state index < -0.39 is 6.29 Å². The van der Waals surface area contributed by atoms with Gasteiger partial charge in [-0.15, -0.1) is 0 Å². The van der Waals surface area contributed by atoms with Crippen molar-refractivity contribution in [2.45, 2.75) is 50.7 Å². The number of allylic oxidation sites excluding steroid dienone is 1. The number of aliphatic hydroxyl groups is 1. The van der Waals surface area contributed by atoms with Gasteiger partial charge in [0.25, 0.3) is 5.91 Å². The summed E-state index contributed by atoms with van der Waals surface area (Å²) in [5.74, 6) is 0.235. The Bertz CT molecular complexity index is 875. The Morgan fingerprint density at radius 3 is 2.45 bits per heavy atom. The number of amides is 1. The smallest absolute Gasteiger partial charge is 0.286 e. The summed E-state index contributed by atoms with van der Waals surface area (Å²) in [5.41, 5.74) is 3.00. The molecule has 1 aliphatic heterocycles. The van der Waals surface area contributed by atoms with Crippen molar-refractivity contribution >= 4 is 28.5 Å². The van der Waals surface area contributed by atoms with E-state index in [-0.39, 0.29) is 24.5 Å². The first-order chi connectivity index (χ1) is 14.1. The number of halogens is 1. The van der Waals surface area contributed by atoms with Gasteiger partial charge in [-0.25, -0.2) is 0 Å². The maximum absolute atomic E-state index is 12.6. The summed E-state index contributed by atoms with van der Waals surface area (Å²) in [6, 6.07) is 16.2. The predicted molar refractivity (Wildman–Crippen MR) is 118 cm³/mol. The molecule has 0 bridgehead atoms. The Kier molecular flexibility index (Phi) is 6.52.